The van der Waals surface area contributed by atoms with Crippen LogP contribution in [0.25, 0.3) is 0 Å². The summed E-state index contributed by atoms with van der Waals surface area (Å²) >= 11 is 9.22. The topological polar surface area (TPSA) is 54.9 Å². The molecule has 1 unspecified atom stereocenters. The van der Waals surface area contributed by atoms with Crippen molar-refractivity contribution in [2.45, 2.75) is 25.7 Å². The predicted molar refractivity (Wildman–Crippen MR) is 87.5 cm³/mol. The molecule has 2 rings (SSSR count). The molecule has 0 aliphatic rings. The molecule has 6 heteroatoms. The molecule has 0 saturated heterocycles. The Bertz CT molecular complexity index is 619. The third-order valence-electron chi connectivity index (χ3n) is 3.03. The Morgan fingerprint density at radius 1 is 1.38 bits per heavy atom. The summed E-state index contributed by atoms with van der Waals surface area (Å²) in [6.45, 7) is 2.04. The summed E-state index contributed by atoms with van der Waals surface area (Å²) in [5, 5.41) is 3.23. The predicted octanol–water partition coefficient (Wildman–Crippen LogP) is 4.41. The Kier molecular flexibility index (Phi) is 5.70. The molecule has 2 aromatic rings. The van der Waals surface area contributed by atoms with Gasteiger partial charge in [-0.1, -0.05) is 24.9 Å². The third kappa shape index (κ3) is 4.51. The molecule has 0 aliphatic carbocycles. The van der Waals surface area contributed by atoms with Crippen LogP contribution in [0.4, 0.5) is 5.82 Å². The molecule has 4 nitrogen and oxygen atoms in total. The van der Waals surface area contributed by atoms with Gasteiger partial charge in [-0.3, -0.25) is 4.79 Å². The number of hydrogen-bond acceptors (Lipinski definition) is 3. The van der Waals surface area contributed by atoms with Crippen molar-refractivity contribution in [2.24, 2.45) is 0 Å². The first-order chi connectivity index (χ1) is 10.1. The lowest BCUT2D eigenvalue weighted by molar-refractivity contribution is -0.117. The van der Waals surface area contributed by atoms with E-state index in [1.165, 1.54) is 0 Å². The number of aromatic nitrogens is 2. The highest BCUT2D eigenvalue weighted by atomic mass is 79.9. The fourth-order valence-electron chi connectivity index (χ4n) is 2.04. The van der Waals surface area contributed by atoms with E-state index >= 15 is 0 Å². The molecule has 0 aliphatic heterocycles. The second-order valence-electron chi connectivity index (χ2n) is 4.60. The van der Waals surface area contributed by atoms with Crippen LogP contribution in [0.5, 0.6) is 0 Å². The standard InChI is InChI=1S/C15H15BrClN3O/c1-2-3-12(10-6-7-18-13(17)8-10)15(21)20-14-5-4-11(16)9-19-14/h4-9,12H,2-3H2,1H3,(H,19,20,21). The van der Waals surface area contributed by atoms with Gasteiger partial charge in [0.05, 0.1) is 5.92 Å². The van der Waals surface area contributed by atoms with Gasteiger partial charge in [0.15, 0.2) is 0 Å². The lowest BCUT2D eigenvalue weighted by Gasteiger charge is -2.16. The molecule has 2 aromatic heterocycles. The average Bonchev–Trinajstić information content (AvgIpc) is 2.47. The van der Waals surface area contributed by atoms with Gasteiger partial charge in [-0.2, -0.15) is 0 Å². The molecule has 2 heterocycles. The molecule has 110 valence electrons. The van der Waals surface area contributed by atoms with E-state index in [1.807, 2.05) is 19.1 Å². The van der Waals surface area contributed by atoms with Gasteiger partial charge < -0.3 is 5.32 Å². The summed E-state index contributed by atoms with van der Waals surface area (Å²) < 4.78 is 0.867. The number of nitrogens with one attached hydrogen (secondary N) is 1. The Hall–Kier alpha value is -1.46. The summed E-state index contributed by atoms with van der Waals surface area (Å²) in [6, 6.07) is 7.14. The molecular weight excluding hydrogens is 354 g/mol. The van der Waals surface area contributed by atoms with Crippen LogP contribution in [0.2, 0.25) is 5.15 Å². The van der Waals surface area contributed by atoms with E-state index in [9.17, 15) is 4.79 Å². The highest BCUT2D eigenvalue weighted by Gasteiger charge is 2.20. The van der Waals surface area contributed by atoms with Crippen molar-refractivity contribution in [1.82, 2.24) is 9.97 Å². The second-order valence-corrected chi connectivity index (χ2v) is 5.91. The van der Waals surface area contributed by atoms with Crippen LogP contribution in [-0.4, -0.2) is 15.9 Å². The molecule has 0 aromatic carbocycles. The van der Waals surface area contributed by atoms with Gasteiger partial charge >= 0.3 is 0 Å². The molecule has 1 amide bonds. The van der Waals surface area contributed by atoms with Crippen LogP contribution in [0.15, 0.2) is 41.1 Å². The fourth-order valence-corrected chi connectivity index (χ4v) is 2.45. The summed E-state index contributed by atoms with van der Waals surface area (Å²) in [5.41, 5.74) is 0.867. The van der Waals surface area contributed by atoms with Crippen LogP contribution in [-0.2, 0) is 4.79 Å². The summed E-state index contributed by atoms with van der Waals surface area (Å²) in [5.74, 6) is 0.180. The maximum Gasteiger partial charge on any atom is 0.233 e. The largest absolute Gasteiger partial charge is 0.310 e. The van der Waals surface area contributed by atoms with Crippen LogP contribution in [0.1, 0.15) is 31.2 Å². The first-order valence-electron chi connectivity index (χ1n) is 6.64. The minimum Gasteiger partial charge on any atom is -0.310 e. The minimum atomic E-state index is -0.263. The normalized spacial score (nSPS) is 12.0. The van der Waals surface area contributed by atoms with E-state index in [2.05, 4.69) is 31.2 Å². The molecular formula is C15H15BrClN3O. The van der Waals surface area contributed by atoms with Crippen LogP contribution < -0.4 is 5.32 Å². The average molecular weight is 369 g/mol. The fraction of sp³-hybridized carbons (Fsp3) is 0.267. The Balaban J connectivity index is 2.17. The lowest BCUT2D eigenvalue weighted by atomic mass is 9.94. The summed E-state index contributed by atoms with van der Waals surface area (Å²) in [7, 11) is 0. The summed E-state index contributed by atoms with van der Waals surface area (Å²) in [6.07, 6.45) is 4.90. The number of amides is 1. The molecule has 0 fully saturated rings. The van der Waals surface area contributed by atoms with Gasteiger partial charge in [-0.25, -0.2) is 9.97 Å². The zero-order chi connectivity index (χ0) is 15.2. The van der Waals surface area contributed by atoms with Crippen molar-refractivity contribution >= 4 is 39.3 Å². The maximum absolute atomic E-state index is 12.5. The third-order valence-corrected chi connectivity index (χ3v) is 3.70. The van der Waals surface area contributed by atoms with Crippen LogP contribution >= 0.6 is 27.5 Å². The first kappa shape index (κ1) is 15.9. The number of carbonyl (C=O) groups excluding carboxylic acids is 1. The quantitative estimate of drug-likeness (QED) is 0.795. The zero-order valence-corrected chi connectivity index (χ0v) is 13.9. The SMILES string of the molecule is CCCC(C(=O)Nc1ccc(Br)cn1)c1ccnc(Cl)c1. The summed E-state index contributed by atoms with van der Waals surface area (Å²) in [4.78, 5) is 20.6. The van der Waals surface area contributed by atoms with Gasteiger partial charge in [-0.05, 0) is 52.2 Å². The van der Waals surface area contributed by atoms with Crippen molar-refractivity contribution in [2.75, 3.05) is 5.32 Å². The number of halogens is 2. The van der Waals surface area contributed by atoms with Gasteiger partial charge in [0.1, 0.15) is 11.0 Å². The number of nitrogens with zero attached hydrogens (tertiary/aromatic N) is 2. The molecule has 1 atom stereocenters. The van der Waals surface area contributed by atoms with Crippen molar-refractivity contribution in [1.29, 1.82) is 0 Å². The van der Waals surface area contributed by atoms with Crippen molar-refractivity contribution in [3.05, 3.63) is 51.8 Å². The van der Waals surface area contributed by atoms with Gasteiger partial charge in [0, 0.05) is 16.9 Å². The molecule has 1 N–H and O–H groups in total. The van der Waals surface area contributed by atoms with E-state index in [0.29, 0.717) is 11.0 Å². The van der Waals surface area contributed by atoms with E-state index < -0.39 is 0 Å². The van der Waals surface area contributed by atoms with Crippen molar-refractivity contribution < 1.29 is 4.79 Å². The minimum absolute atomic E-state index is 0.0889. The van der Waals surface area contributed by atoms with Crippen molar-refractivity contribution in [3.63, 3.8) is 0 Å². The number of rotatable bonds is 5. The number of anilines is 1. The lowest BCUT2D eigenvalue weighted by Crippen LogP contribution is -2.21. The number of pyridine rings is 2. The highest BCUT2D eigenvalue weighted by Crippen LogP contribution is 2.24. The van der Waals surface area contributed by atoms with E-state index in [-0.39, 0.29) is 11.8 Å². The van der Waals surface area contributed by atoms with E-state index in [4.69, 9.17) is 11.6 Å². The van der Waals surface area contributed by atoms with E-state index in [0.717, 1.165) is 22.9 Å². The van der Waals surface area contributed by atoms with Crippen molar-refractivity contribution in [3.8, 4) is 0 Å². The van der Waals surface area contributed by atoms with Crippen LogP contribution in [0, 0.1) is 0 Å². The van der Waals surface area contributed by atoms with Gasteiger partial charge in [-0.15, -0.1) is 0 Å². The van der Waals surface area contributed by atoms with Gasteiger partial charge in [0.2, 0.25) is 5.91 Å². The molecule has 0 radical (unpaired) electrons. The molecule has 0 bridgehead atoms. The molecule has 0 spiro atoms. The smallest absolute Gasteiger partial charge is 0.233 e. The highest BCUT2D eigenvalue weighted by molar-refractivity contribution is 9.10. The molecule has 21 heavy (non-hydrogen) atoms. The Morgan fingerprint density at radius 3 is 2.81 bits per heavy atom. The monoisotopic (exact) mass is 367 g/mol. The van der Waals surface area contributed by atoms with Gasteiger partial charge in [0.25, 0.3) is 0 Å². The molecule has 0 saturated carbocycles. The Morgan fingerprint density at radius 2 is 2.19 bits per heavy atom. The van der Waals surface area contributed by atoms with Crippen LogP contribution in [0.3, 0.4) is 0 Å². The first-order valence-corrected chi connectivity index (χ1v) is 7.81. The second kappa shape index (κ2) is 7.52. The van der Waals surface area contributed by atoms with E-state index in [1.54, 1.807) is 24.5 Å². The Labute approximate surface area is 137 Å². The zero-order valence-electron chi connectivity index (χ0n) is 11.5. The maximum atomic E-state index is 12.5. The number of carbonyl (C=O) groups is 1. The number of hydrogen-bond donors (Lipinski definition) is 1.